The summed E-state index contributed by atoms with van der Waals surface area (Å²) in [6.45, 7) is 14.6. The maximum absolute atomic E-state index is 13.3. The molecule has 3 fully saturated rings. The molecule has 4 N–H and O–H groups in total. The predicted octanol–water partition coefficient (Wildman–Crippen LogP) is 2.70. The highest BCUT2D eigenvalue weighted by Gasteiger charge is 2.90. The topological polar surface area (TPSA) is 82.0 Å². The molecule has 1 saturated heterocycles. The second kappa shape index (κ2) is 5.52. The molecule has 0 amide bonds. The summed E-state index contributed by atoms with van der Waals surface area (Å²) in [5.41, 5.74) is -3.08. The number of benzene rings is 1. The van der Waals surface area contributed by atoms with Crippen molar-refractivity contribution in [1.29, 1.82) is 0 Å². The summed E-state index contributed by atoms with van der Waals surface area (Å²) in [5, 5.41) is 27.7. The van der Waals surface area contributed by atoms with Crippen LogP contribution in [0.1, 0.15) is 52.2 Å². The van der Waals surface area contributed by atoms with Crippen LogP contribution in [0.4, 0.5) is 5.69 Å². The number of hydrogen-bond donors (Lipinski definition) is 3. The maximum atomic E-state index is 13.3. The molecule has 2 aliphatic heterocycles. The second-order valence-corrected chi connectivity index (χ2v) is 12.4. The van der Waals surface area contributed by atoms with Gasteiger partial charge in [0, 0.05) is 22.3 Å². The normalized spacial score (nSPS) is 50.6. The Labute approximate surface area is 194 Å². The van der Waals surface area contributed by atoms with Gasteiger partial charge in [0.25, 0.3) is 0 Å². The summed E-state index contributed by atoms with van der Waals surface area (Å²) >= 11 is 7.18. The highest BCUT2D eigenvalue weighted by atomic mass is 35.5. The zero-order chi connectivity index (χ0) is 23.3. The number of nitrogens with two attached hydrogens (primary N) is 1. The number of fused-ring (bicyclic) bond motifs is 2. The molecule has 3 aliphatic carbocycles. The average Bonchev–Trinajstić information content (AvgIpc) is 3.49. The number of halogens is 1. The van der Waals surface area contributed by atoms with E-state index in [4.69, 9.17) is 21.3 Å². The lowest BCUT2D eigenvalue weighted by molar-refractivity contribution is -0.723. The summed E-state index contributed by atoms with van der Waals surface area (Å²) < 4.78 is 6.41. The van der Waals surface area contributed by atoms with Crippen LogP contribution in [0.25, 0.3) is 0 Å². The van der Waals surface area contributed by atoms with Gasteiger partial charge in [0.1, 0.15) is 17.7 Å². The Morgan fingerprint density at radius 2 is 1.88 bits per heavy atom. The number of rotatable bonds is 2. The first-order valence-electron chi connectivity index (χ1n) is 11.6. The van der Waals surface area contributed by atoms with Gasteiger partial charge < -0.3 is 20.3 Å². The fourth-order valence-corrected chi connectivity index (χ4v) is 8.89. The molecule has 5 nitrogen and oxygen atoms in total. The Morgan fingerprint density at radius 1 is 1.19 bits per heavy atom. The summed E-state index contributed by atoms with van der Waals surface area (Å²) in [5.74, 6) is -0.349. The van der Waals surface area contributed by atoms with Crippen LogP contribution in [0.2, 0.25) is 0 Å². The molecular weight excluding hydrogens is 424 g/mol. The Balaban J connectivity index is 1.84. The molecule has 8 atom stereocenters. The molecule has 0 radical (unpaired) electrons. The number of ether oxygens (including phenoxy) is 1. The van der Waals surface area contributed by atoms with Crippen molar-refractivity contribution in [3.05, 3.63) is 49.0 Å². The van der Waals surface area contributed by atoms with Crippen molar-refractivity contribution in [1.82, 2.24) is 0 Å². The van der Waals surface area contributed by atoms with Gasteiger partial charge in [0.15, 0.2) is 11.2 Å². The van der Waals surface area contributed by atoms with E-state index in [1.807, 2.05) is 30.4 Å². The minimum absolute atomic E-state index is 0.222. The van der Waals surface area contributed by atoms with Crippen LogP contribution in [0.3, 0.4) is 0 Å². The Bertz CT molecular complexity index is 1110. The zero-order valence-electron chi connectivity index (χ0n) is 19.4. The molecule has 6 heteroatoms. The van der Waals surface area contributed by atoms with E-state index in [9.17, 15) is 10.2 Å². The van der Waals surface area contributed by atoms with Crippen molar-refractivity contribution in [3.63, 3.8) is 0 Å². The number of alkyl halides is 1. The number of aliphatic hydroxyl groups is 2. The minimum atomic E-state index is -1.67. The van der Waals surface area contributed by atoms with Crippen LogP contribution in [0.15, 0.2) is 35.8 Å². The SMILES string of the molecule is C=CC1(C)C(Cl)CC2C(C)(C)c3cccc4c3C3(O)C(=N4)C(C)(C)C4OC4C1([NH2+][CH2-])C23O. The maximum Gasteiger partial charge on any atom is 0.166 e. The third-order valence-corrected chi connectivity index (χ3v) is 10.9. The van der Waals surface area contributed by atoms with Gasteiger partial charge in [-0.1, -0.05) is 45.9 Å². The van der Waals surface area contributed by atoms with E-state index in [1.165, 1.54) is 0 Å². The summed E-state index contributed by atoms with van der Waals surface area (Å²) in [4.78, 5) is 5.02. The first kappa shape index (κ1) is 21.3. The number of quaternary nitrogens is 1. The van der Waals surface area contributed by atoms with Crippen LogP contribution >= 0.6 is 11.6 Å². The Hall–Kier alpha value is -1.24. The molecule has 1 aromatic rings. The Kier molecular flexibility index (Phi) is 3.68. The summed E-state index contributed by atoms with van der Waals surface area (Å²) in [6, 6.07) is 6.01. The lowest BCUT2D eigenvalue weighted by atomic mass is 9.39. The number of epoxide rings is 1. The van der Waals surface area contributed by atoms with Crippen molar-refractivity contribution in [3.8, 4) is 0 Å². The van der Waals surface area contributed by atoms with Crippen molar-refractivity contribution in [2.75, 3.05) is 0 Å². The van der Waals surface area contributed by atoms with E-state index >= 15 is 0 Å². The van der Waals surface area contributed by atoms with E-state index in [0.29, 0.717) is 12.1 Å². The molecule has 8 unspecified atom stereocenters. The zero-order valence-corrected chi connectivity index (χ0v) is 20.2. The third kappa shape index (κ3) is 1.71. The van der Waals surface area contributed by atoms with Crippen molar-refractivity contribution >= 4 is 23.0 Å². The minimum Gasteiger partial charge on any atom is -0.468 e. The largest absolute Gasteiger partial charge is 0.468 e. The number of aliphatic imine (C=N–C) groups is 1. The standard InChI is InChI=1S/C26H33ClN2O3/c1-8-23(6)16(27)12-15-21(2,3)13-10-9-11-14-17(13)24(30)20(29-14)22(4,5)18-19(32-18)25(23,28-7)26(15,24)31/h8-11,15-16,18-19,30-31H,1,7,12,28H2,2-6H3. The first-order valence-corrected chi connectivity index (χ1v) is 12.0. The first-order chi connectivity index (χ1) is 14.8. The van der Waals surface area contributed by atoms with Crippen molar-refractivity contribution in [2.45, 2.75) is 80.8 Å². The molecule has 0 aromatic heterocycles. The molecule has 0 bridgehead atoms. The van der Waals surface area contributed by atoms with Crippen LogP contribution in [-0.2, 0) is 15.8 Å². The Morgan fingerprint density at radius 3 is 2.50 bits per heavy atom. The van der Waals surface area contributed by atoms with E-state index in [1.54, 1.807) is 0 Å². The van der Waals surface area contributed by atoms with Gasteiger partial charge in [-0.2, -0.15) is 7.05 Å². The molecule has 5 aliphatic rings. The second-order valence-electron chi connectivity index (χ2n) is 11.9. The van der Waals surface area contributed by atoms with Crippen LogP contribution in [0.5, 0.6) is 0 Å². The van der Waals surface area contributed by atoms with Crippen LogP contribution < -0.4 is 5.32 Å². The quantitative estimate of drug-likeness (QED) is 0.277. The van der Waals surface area contributed by atoms with Crippen LogP contribution in [0, 0.1) is 23.8 Å². The van der Waals surface area contributed by atoms with Gasteiger partial charge >= 0.3 is 0 Å². The lowest BCUT2D eigenvalue weighted by Gasteiger charge is -2.69. The van der Waals surface area contributed by atoms with Crippen molar-refractivity contribution in [2.24, 2.45) is 21.7 Å². The molecule has 2 saturated carbocycles. The highest BCUT2D eigenvalue weighted by molar-refractivity contribution is 6.21. The number of hydrogen-bond acceptors (Lipinski definition) is 4. The lowest BCUT2D eigenvalue weighted by Crippen LogP contribution is -3.07. The van der Waals surface area contributed by atoms with E-state index in [0.717, 1.165) is 16.8 Å². The molecule has 2 heterocycles. The fraction of sp³-hybridized carbons (Fsp3) is 0.615. The van der Waals surface area contributed by atoms with Gasteiger partial charge in [-0.3, -0.25) is 4.99 Å². The average molecular weight is 457 g/mol. The molecule has 0 spiro atoms. The summed E-state index contributed by atoms with van der Waals surface area (Å²) in [7, 11) is 4.26. The van der Waals surface area contributed by atoms with Gasteiger partial charge in [-0.05, 0) is 30.4 Å². The predicted molar refractivity (Wildman–Crippen MR) is 124 cm³/mol. The van der Waals surface area contributed by atoms with E-state index < -0.39 is 33.0 Å². The number of nitrogens with zero attached hydrogens (tertiary/aromatic N) is 1. The molecule has 6 rings (SSSR count). The monoisotopic (exact) mass is 456 g/mol. The van der Waals surface area contributed by atoms with Gasteiger partial charge in [-0.25, -0.2) is 0 Å². The molecule has 1 aromatic carbocycles. The highest BCUT2D eigenvalue weighted by Crippen LogP contribution is 2.74. The third-order valence-electron chi connectivity index (χ3n) is 10.2. The molecule has 172 valence electrons. The molecule has 32 heavy (non-hydrogen) atoms. The van der Waals surface area contributed by atoms with E-state index in [2.05, 4.69) is 47.4 Å². The van der Waals surface area contributed by atoms with Gasteiger partial charge in [0.2, 0.25) is 0 Å². The fourth-order valence-electron chi connectivity index (χ4n) is 8.44. The van der Waals surface area contributed by atoms with Crippen molar-refractivity contribution < 1.29 is 20.3 Å². The van der Waals surface area contributed by atoms with Gasteiger partial charge in [-0.15, -0.1) is 18.2 Å². The van der Waals surface area contributed by atoms with Gasteiger partial charge in [0.05, 0.1) is 16.8 Å². The smallest absolute Gasteiger partial charge is 0.166 e. The summed E-state index contributed by atoms with van der Waals surface area (Å²) in [6.07, 6.45) is 1.80. The molecular formula is C26H33ClN2O3. The van der Waals surface area contributed by atoms with Crippen LogP contribution in [-0.4, -0.2) is 44.6 Å². The van der Waals surface area contributed by atoms with E-state index in [-0.39, 0.29) is 23.5 Å².